The van der Waals surface area contributed by atoms with E-state index in [9.17, 15) is 0 Å². The van der Waals surface area contributed by atoms with Crippen molar-refractivity contribution >= 4 is 36.5 Å². The summed E-state index contributed by atoms with van der Waals surface area (Å²) in [5, 5.41) is 4.08. The molecule has 1 N–H and O–H groups in total. The number of halogens is 2. The molecule has 58 valence electrons. The van der Waals surface area contributed by atoms with Crippen molar-refractivity contribution in [2.45, 2.75) is 6.04 Å². The molecule has 2 atom stereocenters. The molecule has 2 nitrogen and oxygen atoms in total. The predicted molar refractivity (Wildman–Crippen MR) is 52.9 cm³/mol. The molecule has 0 aromatic heterocycles. The molecule has 1 aliphatic heterocycles. The van der Waals surface area contributed by atoms with E-state index in [1.165, 1.54) is 0 Å². The second-order valence-corrected chi connectivity index (χ2v) is 4.25. The van der Waals surface area contributed by atoms with Crippen LogP contribution in [0.4, 0.5) is 0 Å². The van der Waals surface area contributed by atoms with Gasteiger partial charge in [0.2, 0.25) is 0 Å². The summed E-state index contributed by atoms with van der Waals surface area (Å²) in [7, 11) is 0. The Bertz CT molecular complexity index is 268. The van der Waals surface area contributed by atoms with Gasteiger partial charge in [-0.25, -0.2) is 0 Å². The van der Waals surface area contributed by atoms with Crippen LogP contribution in [-0.4, -0.2) is 10.7 Å². The fourth-order valence-electron chi connectivity index (χ4n) is 1.20. The summed E-state index contributed by atoms with van der Waals surface area (Å²) in [6, 6.07) is 0.339. The lowest BCUT2D eigenvalue weighted by molar-refractivity contribution is 0.621. The summed E-state index contributed by atoms with van der Waals surface area (Å²) in [4.78, 5) is 0. The molecule has 0 amide bonds. The Morgan fingerprint density at radius 1 is 1.45 bits per heavy atom. The summed E-state index contributed by atoms with van der Waals surface area (Å²) < 4.78 is 2.10. The molecule has 0 bridgehead atoms. The van der Waals surface area contributed by atoms with Gasteiger partial charge >= 0.3 is 0 Å². The van der Waals surface area contributed by atoms with E-state index in [1.807, 2.05) is 6.08 Å². The fraction of sp³-hybridized carbons (Fsp3) is 0.286. The van der Waals surface area contributed by atoms with Gasteiger partial charge in [-0.2, -0.15) is 5.10 Å². The number of hydrogen-bond donors (Lipinski definition) is 1. The van der Waals surface area contributed by atoms with Crippen molar-refractivity contribution < 1.29 is 0 Å². The van der Waals surface area contributed by atoms with E-state index in [0.29, 0.717) is 12.0 Å². The highest BCUT2D eigenvalue weighted by Gasteiger charge is 2.28. The quantitative estimate of drug-likeness (QED) is 0.721. The lowest BCUT2D eigenvalue weighted by Gasteiger charge is -2.15. The van der Waals surface area contributed by atoms with Gasteiger partial charge in [0.05, 0.1) is 12.0 Å². The van der Waals surface area contributed by atoms with Gasteiger partial charge in [-0.15, -0.1) is 0 Å². The molecule has 2 rings (SSSR count). The van der Waals surface area contributed by atoms with Crippen LogP contribution in [0.2, 0.25) is 0 Å². The predicted octanol–water partition coefficient (Wildman–Crippen LogP) is 2.13. The highest BCUT2D eigenvalue weighted by Crippen LogP contribution is 2.27. The van der Waals surface area contributed by atoms with Crippen LogP contribution in [0, 0.1) is 5.92 Å². The average molecular weight is 278 g/mol. The maximum Gasteiger partial charge on any atom is 0.112 e. The fourth-order valence-corrected chi connectivity index (χ4v) is 2.15. The van der Waals surface area contributed by atoms with Crippen molar-refractivity contribution in [3.63, 3.8) is 0 Å². The van der Waals surface area contributed by atoms with Gasteiger partial charge in [0.1, 0.15) is 4.62 Å². The molecule has 0 saturated carbocycles. The molecule has 0 fully saturated rings. The Morgan fingerprint density at radius 2 is 2.27 bits per heavy atom. The lowest BCUT2D eigenvalue weighted by atomic mass is 9.98. The van der Waals surface area contributed by atoms with E-state index in [-0.39, 0.29) is 0 Å². The van der Waals surface area contributed by atoms with Crippen LogP contribution < -0.4 is 5.43 Å². The molecule has 0 aromatic carbocycles. The minimum Gasteiger partial charge on any atom is -0.301 e. The number of fused-ring (bicyclic) bond motifs is 1. The minimum atomic E-state index is 0.339. The van der Waals surface area contributed by atoms with Crippen LogP contribution in [0.25, 0.3) is 0 Å². The van der Waals surface area contributed by atoms with E-state index in [2.05, 4.69) is 54.5 Å². The van der Waals surface area contributed by atoms with Crippen LogP contribution in [0.15, 0.2) is 27.8 Å². The van der Waals surface area contributed by atoms with Gasteiger partial charge in [0.25, 0.3) is 0 Å². The molecule has 2 aliphatic rings. The normalized spacial score (nSPS) is 34.0. The highest BCUT2D eigenvalue weighted by atomic mass is 79.9. The standard InChI is InChI=1S/C7H6Br2N2/c8-4-1-2-6-5(3-4)7(9)11-10-6/h1-3,5-6,10H. The number of hydrogen-bond acceptors (Lipinski definition) is 2. The summed E-state index contributed by atoms with van der Waals surface area (Å²) in [6.07, 6.45) is 6.28. The smallest absolute Gasteiger partial charge is 0.112 e. The summed E-state index contributed by atoms with van der Waals surface area (Å²) in [5.74, 6) is 0.370. The number of nitrogens with zero attached hydrogens (tertiary/aromatic N) is 1. The first kappa shape index (κ1) is 7.55. The molecule has 0 spiro atoms. The molecule has 0 radical (unpaired) electrons. The molecule has 2 unspecified atom stereocenters. The first-order chi connectivity index (χ1) is 5.27. The first-order valence-corrected chi connectivity index (χ1v) is 4.90. The van der Waals surface area contributed by atoms with Gasteiger partial charge < -0.3 is 5.43 Å². The van der Waals surface area contributed by atoms with E-state index >= 15 is 0 Å². The van der Waals surface area contributed by atoms with Gasteiger partial charge in [-0.1, -0.05) is 34.2 Å². The minimum absolute atomic E-state index is 0.339. The Hall–Kier alpha value is -0.0900. The average Bonchev–Trinajstić information content (AvgIpc) is 2.33. The van der Waals surface area contributed by atoms with Gasteiger partial charge in [-0.05, 0) is 15.9 Å². The van der Waals surface area contributed by atoms with Crippen molar-refractivity contribution in [3.05, 3.63) is 22.7 Å². The van der Waals surface area contributed by atoms with Crippen molar-refractivity contribution in [1.82, 2.24) is 5.43 Å². The third kappa shape index (κ3) is 1.29. The van der Waals surface area contributed by atoms with Crippen molar-refractivity contribution in [2.24, 2.45) is 11.0 Å². The highest BCUT2D eigenvalue weighted by molar-refractivity contribution is 9.18. The SMILES string of the molecule is BrC1=CC2C(Br)=NNC2C=C1. The Labute approximate surface area is 81.7 Å². The zero-order valence-corrected chi connectivity index (χ0v) is 8.76. The van der Waals surface area contributed by atoms with Crippen LogP contribution in [0.5, 0.6) is 0 Å². The molecule has 0 saturated heterocycles. The van der Waals surface area contributed by atoms with Gasteiger partial charge in [-0.3, -0.25) is 0 Å². The second-order valence-electron chi connectivity index (χ2n) is 2.53. The molecule has 11 heavy (non-hydrogen) atoms. The molecule has 0 aromatic rings. The maximum atomic E-state index is 4.08. The molecule has 1 heterocycles. The van der Waals surface area contributed by atoms with Gasteiger partial charge in [0.15, 0.2) is 0 Å². The zero-order chi connectivity index (χ0) is 7.84. The molecule has 1 aliphatic carbocycles. The Balaban J connectivity index is 2.29. The summed E-state index contributed by atoms with van der Waals surface area (Å²) in [6.45, 7) is 0. The number of nitrogens with one attached hydrogen (secondary N) is 1. The third-order valence-electron chi connectivity index (χ3n) is 1.78. The van der Waals surface area contributed by atoms with Crippen molar-refractivity contribution in [3.8, 4) is 0 Å². The van der Waals surface area contributed by atoms with Crippen LogP contribution >= 0.6 is 31.9 Å². The topological polar surface area (TPSA) is 24.4 Å². The lowest BCUT2D eigenvalue weighted by Crippen LogP contribution is -2.26. The second kappa shape index (κ2) is 2.75. The first-order valence-electron chi connectivity index (χ1n) is 3.31. The zero-order valence-electron chi connectivity index (χ0n) is 5.59. The van der Waals surface area contributed by atoms with Crippen LogP contribution in [0.1, 0.15) is 0 Å². The Kier molecular flexibility index (Phi) is 1.89. The van der Waals surface area contributed by atoms with Gasteiger partial charge in [0, 0.05) is 4.48 Å². The van der Waals surface area contributed by atoms with E-state index < -0.39 is 0 Å². The number of hydrazone groups is 1. The number of allylic oxidation sites excluding steroid dienone is 2. The van der Waals surface area contributed by atoms with Crippen LogP contribution in [0.3, 0.4) is 0 Å². The summed E-state index contributed by atoms with van der Waals surface area (Å²) >= 11 is 6.82. The van der Waals surface area contributed by atoms with Crippen molar-refractivity contribution in [1.29, 1.82) is 0 Å². The monoisotopic (exact) mass is 276 g/mol. The van der Waals surface area contributed by atoms with E-state index in [1.54, 1.807) is 0 Å². The molecule has 4 heteroatoms. The summed E-state index contributed by atoms with van der Waals surface area (Å²) in [5.41, 5.74) is 3.02. The van der Waals surface area contributed by atoms with E-state index in [0.717, 1.165) is 9.10 Å². The maximum absolute atomic E-state index is 4.08. The molecular formula is C7H6Br2N2. The number of rotatable bonds is 0. The van der Waals surface area contributed by atoms with Crippen LogP contribution in [-0.2, 0) is 0 Å². The van der Waals surface area contributed by atoms with E-state index in [4.69, 9.17) is 0 Å². The molecular weight excluding hydrogens is 272 g/mol. The van der Waals surface area contributed by atoms with Crippen molar-refractivity contribution in [2.75, 3.05) is 0 Å². The Morgan fingerprint density at radius 3 is 3.09 bits per heavy atom. The largest absolute Gasteiger partial charge is 0.301 e. The third-order valence-corrected chi connectivity index (χ3v) is 3.02.